The molecule has 3 N–H and O–H groups in total. The average molecular weight is 332 g/mol. The smallest absolute Gasteiger partial charge is 0.00711 e. The Labute approximate surface area is 60.9 Å². The molecule has 0 aliphatic rings. The molecule has 0 rings (SSSR count). The molecule has 0 bridgehead atoms. The van der Waals surface area contributed by atoms with Crippen molar-refractivity contribution in [3.8, 4) is 0 Å². The predicted molar refractivity (Wildman–Crippen MR) is 28.0 cm³/mol. The topological polar surface area (TPSA) is 35.0 Å². The van der Waals surface area contributed by atoms with Crippen LogP contribution in [0.25, 0.3) is 0 Å². The van der Waals surface area contributed by atoms with Crippen LogP contribution in [0.5, 0.6) is 0 Å². The van der Waals surface area contributed by atoms with Gasteiger partial charge in [0.05, 0.1) is 0 Å². The van der Waals surface area contributed by atoms with E-state index >= 15 is 0 Å². The van der Waals surface area contributed by atoms with Gasteiger partial charge in [-0.15, -0.1) is 0 Å². The fourth-order valence-corrected chi connectivity index (χ4v) is 0. The van der Waals surface area contributed by atoms with Crippen molar-refractivity contribution in [2.75, 3.05) is 0 Å². The minimum absolute atomic E-state index is 0. The first-order valence-electron chi connectivity index (χ1n) is 0.143. The summed E-state index contributed by atoms with van der Waals surface area (Å²) >= 11 is 4.87. The Morgan fingerprint density at radius 3 is 1.25 bits per heavy atom. The van der Waals surface area contributed by atoms with Gasteiger partial charge < -0.3 is 6.15 Å². The molecule has 0 aromatic heterocycles. The molecule has 1 radical (unpaired) electrons. The van der Waals surface area contributed by atoms with Crippen LogP contribution in [0.2, 0.25) is 0 Å². The maximum atomic E-state index is 2.91. The first kappa shape index (κ1) is 16.8. The van der Waals surface area contributed by atoms with Crippen LogP contribution in [0.15, 0.2) is 0 Å². The monoisotopic (exact) mass is 330 g/mol. The summed E-state index contributed by atoms with van der Waals surface area (Å²) in [5.41, 5.74) is 0. The molecule has 0 saturated carbocycles. The van der Waals surface area contributed by atoms with E-state index in [1.807, 2.05) is 20.4 Å². The SMILES string of the molecule is BrI.N.[Ag]. The fourth-order valence-electron chi connectivity index (χ4n) is 0. The van der Waals surface area contributed by atoms with Crippen molar-refractivity contribution in [1.29, 1.82) is 0 Å². The molecule has 0 heterocycles. The Hall–Kier alpha value is 1.91. The van der Waals surface area contributed by atoms with Crippen molar-refractivity contribution in [1.82, 2.24) is 6.15 Å². The minimum Gasteiger partial charge on any atom is -0.344 e. The summed E-state index contributed by atoms with van der Waals surface area (Å²) in [7, 11) is 0. The first-order valence-corrected chi connectivity index (χ1v) is 4.98. The number of hydrogen-bond acceptors (Lipinski definition) is 1. The van der Waals surface area contributed by atoms with Crippen LogP contribution in [0.4, 0.5) is 0 Å². The molecule has 0 unspecified atom stereocenters. The summed E-state index contributed by atoms with van der Waals surface area (Å²) in [5, 5.41) is 0. The van der Waals surface area contributed by atoms with Crippen molar-refractivity contribution >= 4 is 33.1 Å². The van der Waals surface area contributed by atoms with Crippen LogP contribution >= 0.6 is 33.1 Å². The van der Waals surface area contributed by atoms with E-state index < -0.39 is 0 Å². The maximum absolute atomic E-state index is 2.91. The van der Waals surface area contributed by atoms with E-state index in [0.717, 1.165) is 0 Å². The third kappa shape index (κ3) is 9.08. The number of rotatable bonds is 0. The maximum Gasteiger partial charge on any atom is 0.00711 e. The van der Waals surface area contributed by atoms with Crippen molar-refractivity contribution in [3.05, 3.63) is 0 Å². The summed E-state index contributed by atoms with van der Waals surface area (Å²) in [4.78, 5) is 0. The molecule has 0 aromatic rings. The van der Waals surface area contributed by atoms with Crippen molar-refractivity contribution in [3.63, 3.8) is 0 Å². The Morgan fingerprint density at radius 2 is 1.25 bits per heavy atom. The van der Waals surface area contributed by atoms with E-state index in [4.69, 9.17) is 0 Å². The fraction of sp³-hybridized carbons (Fsp3) is 0. The van der Waals surface area contributed by atoms with E-state index in [9.17, 15) is 0 Å². The second-order valence-electron chi connectivity index (χ2n) is 0. The molecule has 0 fully saturated rings. The second kappa shape index (κ2) is 20.6. The second-order valence-corrected chi connectivity index (χ2v) is 0. The van der Waals surface area contributed by atoms with Gasteiger partial charge in [0.1, 0.15) is 0 Å². The summed E-state index contributed by atoms with van der Waals surface area (Å²) in [6, 6.07) is 0. The standard InChI is InChI=1S/Ag.BrI.H3N/c;1-2;/h;;1H3. The molecule has 0 spiro atoms. The molecule has 33 valence electrons. The molecule has 1 nitrogen and oxygen atoms in total. The van der Waals surface area contributed by atoms with Gasteiger partial charge in [-0.3, -0.25) is 0 Å². The van der Waals surface area contributed by atoms with Gasteiger partial charge >= 0.3 is 0 Å². The number of halogens is 2. The summed E-state index contributed by atoms with van der Waals surface area (Å²) in [6.07, 6.45) is 0. The van der Waals surface area contributed by atoms with Gasteiger partial charge in [-0.2, -0.15) is 0 Å². The third-order valence-corrected chi connectivity index (χ3v) is 0. The van der Waals surface area contributed by atoms with E-state index in [2.05, 4.69) is 12.7 Å². The Kier molecular flexibility index (Phi) is 86.5. The van der Waals surface area contributed by atoms with Crippen LogP contribution in [0, 0.1) is 0 Å². The zero-order chi connectivity index (χ0) is 2.00. The molecule has 0 saturated heterocycles. The van der Waals surface area contributed by atoms with Crippen LogP contribution < -0.4 is 6.15 Å². The van der Waals surface area contributed by atoms with E-state index in [-0.39, 0.29) is 28.5 Å². The summed E-state index contributed by atoms with van der Waals surface area (Å²) in [6.45, 7) is 0. The Balaban J connectivity index is -0.00000000500. The Bertz CT molecular complexity index is 8.00. The van der Waals surface area contributed by atoms with Crippen LogP contribution in [-0.4, -0.2) is 0 Å². The molecule has 0 amide bonds. The van der Waals surface area contributed by atoms with Crippen molar-refractivity contribution < 1.29 is 22.4 Å². The predicted octanol–water partition coefficient (Wildman–Crippen LogP) is 1.89. The van der Waals surface area contributed by atoms with Gasteiger partial charge in [-0.1, -0.05) is 0 Å². The molecule has 0 aromatic carbocycles. The summed E-state index contributed by atoms with van der Waals surface area (Å²) < 4.78 is 0. The molecule has 4 heavy (non-hydrogen) atoms. The molecular weight excluding hydrogens is 329 g/mol. The molecule has 0 aliphatic heterocycles. The molecule has 0 aliphatic carbocycles. The third-order valence-electron chi connectivity index (χ3n) is 0. The van der Waals surface area contributed by atoms with E-state index in [1.54, 1.807) is 0 Å². The normalized spacial score (nSPS) is 1.50. The Morgan fingerprint density at radius 1 is 1.25 bits per heavy atom. The molecule has 4 heteroatoms. The van der Waals surface area contributed by atoms with E-state index in [0.29, 0.717) is 0 Å². The zero-order valence-corrected chi connectivity index (χ0v) is 6.99. The molecular formula is H3AgBrIN. The van der Waals surface area contributed by atoms with Gasteiger partial charge in [0.2, 0.25) is 0 Å². The van der Waals surface area contributed by atoms with E-state index in [1.165, 1.54) is 0 Å². The largest absolute Gasteiger partial charge is 0.344 e. The molecule has 0 atom stereocenters. The quantitative estimate of drug-likeness (QED) is 0.534. The minimum atomic E-state index is 0. The van der Waals surface area contributed by atoms with Gasteiger partial charge in [0.15, 0.2) is 0 Å². The van der Waals surface area contributed by atoms with Crippen molar-refractivity contribution in [2.45, 2.75) is 0 Å². The van der Waals surface area contributed by atoms with Crippen LogP contribution in [0.1, 0.15) is 0 Å². The number of hydrogen-bond donors (Lipinski definition) is 1. The first-order chi connectivity index (χ1) is 1.00. The summed E-state index contributed by atoms with van der Waals surface area (Å²) in [5.74, 6) is 0. The van der Waals surface area contributed by atoms with Crippen LogP contribution in [-0.2, 0) is 22.4 Å². The van der Waals surface area contributed by atoms with Gasteiger partial charge in [0.25, 0.3) is 0 Å². The van der Waals surface area contributed by atoms with Gasteiger partial charge in [-0.25, -0.2) is 0 Å². The average Bonchev–Trinajstić information content (AvgIpc) is 1.00. The van der Waals surface area contributed by atoms with Crippen molar-refractivity contribution in [2.24, 2.45) is 0 Å². The van der Waals surface area contributed by atoms with Gasteiger partial charge in [0, 0.05) is 42.7 Å². The van der Waals surface area contributed by atoms with Crippen LogP contribution in [0.3, 0.4) is 0 Å². The van der Waals surface area contributed by atoms with Gasteiger partial charge in [-0.05, 0) is 12.7 Å². The zero-order valence-electron chi connectivity index (χ0n) is 1.76.